The average molecular weight is 453 g/mol. The molecule has 7 nitrogen and oxygen atoms in total. The molecule has 3 N–H and O–H groups in total. The van der Waals surface area contributed by atoms with Gasteiger partial charge < -0.3 is 20.5 Å². The van der Waals surface area contributed by atoms with E-state index in [1.54, 1.807) is 34.6 Å². The molecule has 0 fully saturated rings. The number of carbonyl (C=O) groups excluding carboxylic acids is 2. The van der Waals surface area contributed by atoms with Gasteiger partial charge in [-0.15, -0.1) is 0 Å². The summed E-state index contributed by atoms with van der Waals surface area (Å²) >= 11 is 0. The molecule has 1 aliphatic carbocycles. The van der Waals surface area contributed by atoms with E-state index >= 15 is 0 Å². The molecule has 2 amide bonds. The van der Waals surface area contributed by atoms with E-state index in [0.29, 0.717) is 0 Å². The fourth-order valence-electron chi connectivity index (χ4n) is 4.10. The Balaban J connectivity index is 1.59. The van der Waals surface area contributed by atoms with Crippen molar-refractivity contribution in [1.29, 1.82) is 0 Å². The van der Waals surface area contributed by atoms with Crippen LogP contribution in [0.1, 0.15) is 51.7 Å². The van der Waals surface area contributed by atoms with Crippen molar-refractivity contribution < 1.29 is 24.2 Å². The first-order valence-corrected chi connectivity index (χ1v) is 11.2. The van der Waals surface area contributed by atoms with Gasteiger partial charge in [-0.05, 0) is 34.6 Å². The van der Waals surface area contributed by atoms with Crippen molar-refractivity contribution in [3.63, 3.8) is 0 Å². The number of hydrogen-bond donors (Lipinski definition) is 3. The molecule has 0 aromatic heterocycles. The fraction of sp³-hybridized carbons (Fsp3) is 0.423. The minimum absolute atomic E-state index is 0.0534. The topological polar surface area (TPSA) is 105 Å². The molecular formula is C26H32N2O5. The van der Waals surface area contributed by atoms with Gasteiger partial charge in [0.2, 0.25) is 5.91 Å². The standard InChI is InChI=1S/C26H32N2O5/c1-15(23(29)28-22(24(30)31)26(3,4)5)16(2)27-25(32)33-14-21-19-12-8-6-10-17(19)18-11-7-9-13-20(18)21/h6-13,15-16,21-22H,14H2,1-5H3,(H,27,32)(H,28,29)(H,30,31)/t15?,16?,22-/m1/s1. The van der Waals surface area contributed by atoms with Crippen LogP contribution < -0.4 is 10.6 Å². The molecule has 176 valence electrons. The average Bonchev–Trinajstić information content (AvgIpc) is 3.08. The Morgan fingerprint density at radius 3 is 1.94 bits per heavy atom. The van der Waals surface area contributed by atoms with Gasteiger partial charge in [0.05, 0.1) is 5.92 Å². The molecule has 2 aromatic carbocycles. The third kappa shape index (κ3) is 5.35. The zero-order valence-electron chi connectivity index (χ0n) is 19.7. The van der Waals surface area contributed by atoms with Gasteiger partial charge in [-0.2, -0.15) is 0 Å². The first kappa shape index (κ1) is 24.3. The summed E-state index contributed by atoms with van der Waals surface area (Å²) in [4.78, 5) is 36.6. The van der Waals surface area contributed by atoms with E-state index in [1.165, 1.54) is 0 Å². The number of benzene rings is 2. The number of ether oxygens (including phenoxy) is 1. The summed E-state index contributed by atoms with van der Waals surface area (Å²) in [5.74, 6) is -2.24. The summed E-state index contributed by atoms with van der Waals surface area (Å²) in [6.45, 7) is 8.75. The van der Waals surface area contributed by atoms with E-state index in [4.69, 9.17) is 4.74 Å². The number of alkyl carbamates (subject to hydrolysis) is 1. The van der Waals surface area contributed by atoms with Crippen LogP contribution in [0.5, 0.6) is 0 Å². The number of rotatable bonds is 7. The van der Waals surface area contributed by atoms with Gasteiger partial charge >= 0.3 is 12.1 Å². The number of amides is 2. The highest BCUT2D eigenvalue weighted by Crippen LogP contribution is 2.44. The molecule has 0 radical (unpaired) electrons. The normalized spacial score (nSPS) is 15.5. The second kappa shape index (κ2) is 9.65. The van der Waals surface area contributed by atoms with Gasteiger partial charge in [-0.25, -0.2) is 9.59 Å². The molecule has 0 saturated heterocycles. The summed E-state index contributed by atoms with van der Waals surface area (Å²) in [6, 6.07) is 14.6. The van der Waals surface area contributed by atoms with Gasteiger partial charge in [-0.3, -0.25) is 4.79 Å². The maximum Gasteiger partial charge on any atom is 0.407 e. The highest BCUT2D eigenvalue weighted by molar-refractivity contribution is 5.86. The van der Waals surface area contributed by atoms with Crippen molar-refractivity contribution >= 4 is 18.0 Å². The van der Waals surface area contributed by atoms with Gasteiger partial charge in [0.1, 0.15) is 12.6 Å². The Hall–Kier alpha value is -3.35. The Kier molecular flexibility index (Phi) is 7.10. The zero-order chi connectivity index (χ0) is 24.3. The van der Waals surface area contributed by atoms with E-state index in [1.807, 2.05) is 36.4 Å². The number of fused-ring (bicyclic) bond motifs is 3. The lowest BCUT2D eigenvalue weighted by atomic mass is 9.86. The lowest BCUT2D eigenvalue weighted by Gasteiger charge is -2.30. The molecule has 0 saturated carbocycles. The molecule has 1 aliphatic rings. The molecule has 2 aromatic rings. The quantitative estimate of drug-likeness (QED) is 0.585. The van der Waals surface area contributed by atoms with E-state index in [2.05, 4.69) is 22.8 Å². The Labute approximate surface area is 194 Å². The van der Waals surface area contributed by atoms with Crippen LogP contribution in [0.2, 0.25) is 0 Å². The molecule has 0 aliphatic heterocycles. The van der Waals surface area contributed by atoms with Crippen molar-refractivity contribution in [3.8, 4) is 11.1 Å². The Morgan fingerprint density at radius 2 is 1.45 bits per heavy atom. The van der Waals surface area contributed by atoms with Crippen LogP contribution in [0, 0.1) is 11.3 Å². The number of aliphatic carboxylic acids is 1. The fourth-order valence-corrected chi connectivity index (χ4v) is 4.10. The number of hydrogen-bond acceptors (Lipinski definition) is 4. The number of carbonyl (C=O) groups is 3. The van der Waals surface area contributed by atoms with Crippen molar-refractivity contribution in [2.45, 2.75) is 52.6 Å². The summed E-state index contributed by atoms with van der Waals surface area (Å²) in [6.07, 6.45) is -0.616. The largest absolute Gasteiger partial charge is 0.480 e. The molecule has 0 bridgehead atoms. The molecule has 33 heavy (non-hydrogen) atoms. The molecule has 3 rings (SSSR count). The second-order valence-electron chi connectivity index (χ2n) is 9.69. The number of carboxylic acids is 1. The molecule has 0 spiro atoms. The molecular weight excluding hydrogens is 420 g/mol. The lowest BCUT2D eigenvalue weighted by Crippen LogP contribution is -2.53. The Morgan fingerprint density at radius 1 is 0.939 bits per heavy atom. The summed E-state index contributed by atoms with van der Waals surface area (Å²) in [7, 11) is 0. The predicted molar refractivity (Wildman–Crippen MR) is 126 cm³/mol. The number of carboxylic acid groups (broad SMARTS) is 1. The lowest BCUT2D eigenvalue weighted by molar-refractivity contribution is -0.145. The highest BCUT2D eigenvalue weighted by atomic mass is 16.5. The maximum absolute atomic E-state index is 12.6. The van der Waals surface area contributed by atoms with Crippen molar-refractivity contribution in [2.75, 3.05) is 6.61 Å². The molecule has 2 unspecified atom stereocenters. The minimum atomic E-state index is -1.10. The van der Waals surface area contributed by atoms with E-state index < -0.39 is 41.4 Å². The van der Waals surface area contributed by atoms with Gasteiger partial charge in [-0.1, -0.05) is 76.2 Å². The molecule has 3 atom stereocenters. The van der Waals surface area contributed by atoms with E-state index in [-0.39, 0.29) is 12.5 Å². The third-order valence-corrected chi connectivity index (χ3v) is 6.25. The van der Waals surface area contributed by atoms with Crippen LogP contribution in [-0.2, 0) is 14.3 Å². The summed E-state index contributed by atoms with van der Waals surface area (Å²) in [5.41, 5.74) is 3.88. The van der Waals surface area contributed by atoms with Crippen LogP contribution >= 0.6 is 0 Å². The predicted octanol–water partition coefficient (Wildman–Crippen LogP) is 4.17. The first-order chi connectivity index (χ1) is 15.5. The second-order valence-corrected chi connectivity index (χ2v) is 9.69. The van der Waals surface area contributed by atoms with E-state index in [0.717, 1.165) is 22.3 Å². The van der Waals surface area contributed by atoms with Crippen molar-refractivity contribution in [1.82, 2.24) is 10.6 Å². The van der Waals surface area contributed by atoms with Crippen molar-refractivity contribution in [2.24, 2.45) is 11.3 Å². The smallest absolute Gasteiger partial charge is 0.407 e. The molecule has 0 heterocycles. The van der Waals surface area contributed by atoms with Crippen LogP contribution in [0.3, 0.4) is 0 Å². The Bertz CT molecular complexity index is 997. The van der Waals surface area contributed by atoms with Crippen molar-refractivity contribution in [3.05, 3.63) is 59.7 Å². The van der Waals surface area contributed by atoms with Crippen LogP contribution in [-0.4, -0.2) is 41.8 Å². The highest BCUT2D eigenvalue weighted by Gasteiger charge is 2.35. The van der Waals surface area contributed by atoms with Gasteiger partial charge in [0.15, 0.2) is 0 Å². The van der Waals surface area contributed by atoms with E-state index in [9.17, 15) is 19.5 Å². The summed E-state index contributed by atoms with van der Waals surface area (Å²) in [5, 5.41) is 14.7. The zero-order valence-corrected chi connectivity index (χ0v) is 19.7. The van der Waals surface area contributed by atoms with Crippen LogP contribution in [0.15, 0.2) is 48.5 Å². The molecule has 7 heteroatoms. The number of nitrogens with one attached hydrogen (secondary N) is 2. The minimum Gasteiger partial charge on any atom is -0.480 e. The maximum atomic E-state index is 12.6. The van der Waals surface area contributed by atoms with Gasteiger partial charge in [0, 0.05) is 12.0 Å². The third-order valence-electron chi connectivity index (χ3n) is 6.25. The monoisotopic (exact) mass is 452 g/mol. The SMILES string of the molecule is CC(NC(=O)OCC1c2ccccc2-c2ccccc21)C(C)C(=O)N[C@H](C(=O)O)C(C)(C)C. The van der Waals surface area contributed by atoms with Crippen LogP contribution in [0.4, 0.5) is 4.79 Å². The first-order valence-electron chi connectivity index (χ1n) is 11.2. The van der Waals surface area contributed by atoms with Crippen LogP contribution in [0.25, 0.3) is 11.1 Å². The summed E-state index contributed by atoms with van der Waals surface area (Å²) < 4.78 is 5.54. The van der Waals surface area contributed by atoms with Gasteiger partial charge in [0.25, 0.3) is 0 Å².